The molecule has 0 radical (unpaired) electrons. The molecule has 4 unspecified atom stereocenters. The Hall–Kier alpha value is -9.24. The molecular formula is C73H64O3. The molecule has 5 fully saturated rings. The highest BCUT2D eigenvalue weighted by molar-refractivity contribution is 5.93. The highest BCUT2D eigenvalue weighted by Gasteiger charge is 2.70. The van der Waals surface area contributed by atoms with Crippen LogP contribution in [0.3, 0.4) is 0 Å². The quantitative estimate of drug-likeness (QED) is 0.209. The lowest BCUT2D eigenvalue weighted by Crippen LogP contribution is -2.55. The van der Waals surface area contributed by atoms with Gasteiger partial charge in [0.05, 0.1) is 0 Å². The second-order valence-corrected chi connectivity index (χ2v) is 19.8. The third-order valence-electron chi connectivity index (χ3n) is 14.3. The predicted octanol–water partition coefficient (Wildman–Crippen LogP) is 16.1. The smallest absolute Gasteiger partial charge is 0.306 e. The average molecular weight is 989 g/mol. The number of rotatable bonds is 3. The summed E-state index contributed by atoms with van der Waals surface area (Å²) in [6, 6.07) is 0. The third-order valence-corrected chi connectivity index (χ3v) is 14.3. The van der Waals surface area contributed by atoms with E-state index in [1.54, 1.807) is 6.08 Å². The van der Waals surface area contributed by atoms with Crippen LogP contribution >= 0.6 is 0 Å². The molecule has 5 aliphatic carbocycles. The molecular weight excluding hydrogens is 925 g/mol. The summed E-state index contributed by atoms with van der Waals surface area (Å²) in [5, 5.41) is 0. The number of hydrogen-bond donors (Lipinski definition) is 0. The topological polar surface area (TPSA) is 43.4 Å². The maximum Gasteiger partial charge on any atom is 0.306 e. The van der Waals surface area contributed by atoms with Crippen LogP contribution in [0.5, 0.6) is 0 Å². The molecule has 4 saturated carbocycles. The van der Waals surface area contributed by atoms with Gasteiger partial charge in [0, 0.05) is 54.1 Å². The zero-order valence-corrected chi connectivity index (χ0v) is 45.9. The fraction of sp³-hybridized carbons (Fsp3) is 0.384. The van der Waals surface area contributed by atoms with Gasteiger partial charge in [-0.25, -0.2) is 0 Å². The van der Waals surface area contributed by atoms with Gasteiger partial charge >= 0.3 is 5.97 Å². The molecule has 1 spiro atoms. The fourth-order valence-electron chi connectivity index (χ4n) is 9.90. The molecule has 0 N–H and O–H groups in total. The van der Waals surface area contributed by atoms with Crippen molar-refractivity contribution >= 4 is 11.8 Å². The number of carbonyl (C=O) groups is 2. The van der Waals surface area contributed by atoms with Crippen molar-refractivity contribution in [3.05, 3.63) is 250 Å². The summed E-state index contributed by atoms with van der Waals surface area (Å²) in [5.41, 5.74) is 88.9. The molecule has 1 saturated heterocycles. The van der Waals surface area contributed by atoms with E-state index in [0.29, 0.717) is 37.7 Å². The molecule has 3 heteroatoms. The molecule has 0 aromatic carbocycles. The molecule has 3 nitrogen and oxygen atoms in total. The summed E-state index contributed by atoms with van der Waals surface area (Å²) in [7, 11) is 0. The highest BCUT2D eigenvalue weighted by Crippen LogP contribution is 2.72. The van der Waals surface area contributed by atoms with Crippen molar-refractivity contribution in [2.75, 3.05) is 0 Å². The summed E-state index contributed by atoms with van der Waals surface area (Å²) in [4.78, 5) is 25.7. The molecule has 6 aliphatic rings. The number of allylic oxidation sites excluding steroid dienone is 5. The lowest BCUT2D eigenvalue weighted by atomic mass is 9.44. The molecule has 1 heterocycles. The zero-order chi connectivity index (χ0) is 56.0. The van der Waals surface area contributed by atoms with E-state index >= 15 is 0 Å². The van der Waals surface area contributed by atoms with Crippen LogP contribution in [-0.4, -0.2) is 17.4 Å². The Morgan fingerprint density at radius 3 is 1.58 bits per heavy atom. The number of fused-ring (bicyclic) bond motifs is 6. The average Bonchev–Trinajstić information content (AvgIpc) is 3.79. The van der Waals surface area contributed by atoms with Gasteiger partial charge in [0.25, 0.3) is 0 Å². The van der Waals surface area contributed by atoms with Crippen molar-refractivity contribution in [1.82, 2.24) is 0 Å². The first-order valence-electron chi connectivity index (χ1n) is 25.4. The molecule has 374 valence electrons. The molecule has 6 rings (SSSR count). The Kier molecular flexibility index (Phi) is 25.2. The Balaban J connectivity index is 0.000000478. The Labute approximate surface area is 452 Å². The molecule has 0 bridgehead atoms. The third kappa shape index (κ3) is 17.8. The molecule has 0 aromatic rings. The fourth-order valence-corrected chi connectivity index (χ4v) is 9.90. The van der Waals surface area contributed by atoms with Crippen molar-refractivity contribution in [2.45, 2.75) is 132 Å². The molecule has 1 aliphatic heterocycles. The van der Waals surface area contributed by atoms with E-state index in [1.165, 1.54) is 12.8 Å². The Bertz CT molecular complexity index is 3740. The van der Waals surface area contributed by atoms with Crippen LogP contribution in [0, 0.1) is 46.3 Å². The Morgan fingerprint density at radius 1 is 0.632 bits per heavy atom. The van der Waals surface area contributed by atoms with Crippen molar-refractivity contribution in [3.63, 3.8) is 0 Å². The van der Waals surface area contributed by atoms with Crippen molar-refractivity contribution in [3.8, 4) is 0 Å². The first-order valence-corrected chi connectivity index (χ1v) is 25.4. The second-order valence-electron chi connectivity index (χ2n) is 19.8. The van der Waals surface area contributed by atoms with E-state index in [1.807, 2.05) is 13.8 Å². The lowest BCUT2D eigenvalue weighted by molar-refractivity contribution is -0.165. The minimum absolute atomic E-state index is 0.0699. The number of ketones is 1. The molecule has 76 heavy (non-hydrogen) atoms. The van der Waals surface area contributed by atoms with Crippen molar-refractivity contribution < 1.29 is 14.3 Å². The normalized spacial score (nSPS) is 23.8. The van der Waals surface area contributed by atoms with E-state index in [2.05, 4.69) is 259 Å². The number of esters is 1. The van der Waals surface area contributed by atoms with Gasteiger partial charge in [-0.15, -0.1) is 0 Å². The van der Waals surface area contributed by atoms with Gasteiger partial charge in [-0.1, -0.05) is 112 Å². The number of ether oxygens (including phenoxy) is 1. The first-order chi connectivity index (χ1) is 36.5. The SMILES string of the molecule is C=C=C=C=C=C=C(C)CC(C)=C=C=C=C=C.C=C=C=C=C=C=C=C=C=C=C=C=C=C=C1C[C@@]2(CCC(=O)O2)C2(C)CC[C@H]3C(C(=C=C=C=C=C=C)C(=C=C=C=C=C)C4=CC(=O)CCC43C)[C@H]12.CC1C[C@H]1C.CCC(C)C. The van der Waals surface area contributed by atoms with Gasteiger partial charge in [-0.2, -0.15) is 0 Å². The summed E-state index contributed by atoms with van der Waals surface area (Å²) in [6.45, 7) is 36.9. The van der Waals surface area contributed by atoms with Gasteiger partial charge in [-0.05, 0) is 257 Å². The predicted molar refractivity (Wildman–Crippen MR) is 300 cm³/mol. The lowest BCUT2D eigenvalue weighted by Gasteiger charge is -2.59. The van der Waals surface area contributed by atoms with E-state index in [0.717, 1.165) is 64.9 Å². The summed E-state index contributed by atoms with van der Waals surface area (Å²) in [6.07, 6.45) is 9.60. The van der Waals surface area contributed by atoms with Gasteiger partial charge in [-0.3, -0.25) is 9.59 Å². The summed E-state index contributed by atoms with van der Waals surface area (Å²) < 4.78 is 6.28. The van der Waals surface area contributed by atoms with Crippen LogP contribution in [-0.2, 0) is 14.3 Å². The summed E-state index contributed by atoms with van der Waals surface area (Å²) >= 11 is 0. The Morgan fingerprint density at radius 2 is 1.08 bits per heavy atom. The maximum absolute atomic E-state index is 12.9. The van der Waals surface area contributed by atoms with Crippen LogP contribution in [0.15, 0.2) is 250 Å². The first kappa shape index (κ1) is 61.1. The van der Waals surface area contributed by atoms with Gasteiger partial charge in [0.15, 0.2) is 5.78 Å². The van der Waals surface area contributed by atoms with E-state index in [9.17, 15) is 9.59 Å². The number of carbonyl (C=O) groups excluding carboxylic acids is 2. The van der Waals surface area contributed by atoms with Gasteiger partial charge in [0.2, 0.25) is 0 Å². The largest absolute Gasteiger partial charge is 0.458 e. The summed E-state index contributed by atoms with van der Waals surface area (Å²) in [5.74, 6) is 2.72. The van der Waals surface area contributed by atoms with Crippen LogP contribution in [0.1, 0.15) is 127 Å². The monoisotopic (exact) mass is 988 g/mol. The molecule has 0 aromatic heterocycles. The zero-order valence-electron chi connectivity index (χ0n) is 45.9. The van der Waals surface area contributed by atoms with Crippen LogP contribution in [0.25, 0.3) is 0 Å². The highest BCUT2D eigenvalue weighted by atomic mass is 16.6. The number of hydrogen-bond acceptors (Lipinski definition) is 3. The van der Waals surface area contributed by atoms with Gasteiger partial charge < -0.3 is 4.74 Å². The van der Waals surface area contributed by atoms with E-state index in [-0.39, 0.29) is 34.9 Å². The van der Waals surface area contributed by atoms with Crippen LogP contribution < -0.4 is 0 Å². The van der Waals surface area contributed by atoms with Crippen molar-refractivity contribution in [1.29, 1.82) is 0 Å². The van der Waals surface area contributed by atoms with Crippen molar-refractivity contribution in [2.24, 2.45) is 46.3 Å². The van der Waals surface area contributed by atoms with Crippen LogP contribution in [0.4, 0.5) is 0 Å². The second kappa shape index (κ2) is 31.4. The van der Waals surface area contributed by atoms with E-state index in [4.69, 9.17) is 4.74 Å². The molecule has 0 amide bonds. The van der Waals surface area contributed by atoms with Crippen LogP contribution in [0.2, 0.25) is 0 Å². The minimum atomic E-state index is -0.692. The maximum atomic E-state index is 12.9. The molecule has 8 atom stereocenters. The standard InChI is InChI=1S/C47H30O3.C16H12.C5H10.C5H12/c1-6-9-12-14-15-16-17-18-19-20-21-23-25-36-35-47(33-30-42(49)50-47)46(5)32-29-40-43(44(36)46)39(27-24-13-10-7-2)38(26-22-11-8-3)41-34-37(48)28-31-45(40,41)4;1-5-7-9-11-13-16(4)14-15(3)12-10-8-6-2;1-4-3-5(4)2;1-4-5(2)3/h34,40,43-44H,1-3,28-33,35H2,4-5H3;1-2,14H2,3-4H3;4-5H,3H2,1-2H3;5H,4H2,1-3H3/t40-,43?,44-,45?,46?,47-;;4-,5?;/m0.1./s1. The minimum Gasteiger partial charge on any atom is -0.458 e. The van der Waals surface area contributed by atoms with E-state index < -0.39 is 11.0 Å². The van der Waals surface area contributed by atoms with Gasteiger partial charge in [0.1, 0.15) is 5.60 Å².